The van der Waals surface area contributed by atoms with Crippen molar-refractivity contribution in [3.63, 3.8) is 0 Å². The van der Waals surface area contributed by atoms with Gasteiger partial charge in [-0.3, -0.25) is 10.1 Å². The van der Waals surface area contributed by atoms with Crippen LogP contribution in [0.4, 0.5) is 6.01 Å². The van der Waals surface area contributed by atoms with E-state index in [1.807, 2.05) is 18.3 Å². The summed E-state index contributed by atoms with van der Waals surface area (Å²) in [5.41, 5.74) is 2.97. The molecule has 3 aromatic rings. The SMILES string of the molecule is c1cncc(-c2[nH]ncc2CNc2nnc(CC3CCCC3)o2)c1. The summed E-state index contributed by atoms with van der Waals surface area (Å²) >= 11 is 0. The predicted octanol–water partition coefficient (Wildman–Crippen LogP) is 3.20. The van der Waals surface area contributed by atoms with Crippen LogP contribution in [-0.4, -0.2) is 25.4 Å². The molecule has 1 aliphatic rings. The molecule has 0 atom stereocenters. The van der Waals surface area contributed by atoms with Gasteiger partial charge in [-0.05, 0) is 30.9 Å². The van der Waals surface area contributed by atoms with Crippen LogP contribution in [0.5, 0.6) is 0 Å². The summed E-state index contributed by atoms with van der Waals surface area (Å²) in [7, 11) is 0. The fraction of sp³-hybridized carbons (Fsp3) is 0.412. The van der Waals surface area contributed by atoms with Crippen molar-refractivity contribution in [2.45, 2.75) is 38.6 Å². The van der Waals surface area contributed by atoms with Crippen LogP contribution in [0.15, 0.2) is 35.1 Å². The van der Waals surface area contributed by atoms with Crippen molar-refractivity contribution >= 4 is 6.01 Å². The van der Waals surface area contributed by atoms with E-state index < -0.39 is 0 Å². The Labute approximate surface area is 139 Å². The number of rotatable bonds is 6. The first-order chi connectivity index (χ1) is 11.9. The van der Waals surface area contributed by atoms with Gasteiger partial charge in [0, 0.05) is 36.5 Å². The van der Waals surface area contributed by atoms with E-state index in [1.54, 1.807) is 12.4 Å². The molecule has 3 heterocycles. The van der Waals surface area contributed by atoms with Crippen LogP contribution < -0.4 is 5.32 Å². The van der Waals surface area contributed by atoms with Crippen molar-refractivity contribution in [1.82, 2.24) is 25.4 Å². The Balaban J connectivity index is 1.39. The first-order valence-electron chi connectivity index (χ1n) is 8.37. The lowest BCUT2D eigenvalue weighted by molar-refractivity contribution is 0.437. The Hall–Kier alpha value is -2.70. The second kappa shape index (κ2) is 6.82. The largest absolute Gasteiger partial charge is 0.408 e. The van der Waals surface area contributed by atoms with Gasteiger partial charge in [0.2, 0.25) is 5.89 Å². The Kier molecular flexibility index (Phi) is 4.22. The molecule has 4 rings (SSSR count). The standard InChI is InChI=1S/C17H20N6O/c1-2-5-12(4-1)8-15-21-23-17(24-15)19-10-14-11-20-22-16(14)13-6-3-7-18-9-13/h3,6-7,9,11-12H,1-2,4-5,8,10H2,(H,19,23)(H,20,22). The average Bonchev–Trinajstić information content (AvgIpc) is 3.36. The number of hydrogen-bond acceptors (Lipinski definition) is 6. The maximum atomic E-state index is 5.71. The van der Waals surface area contributed by atoms with Crippen molar-refractivity contribution in [3.05, 3.63) is 42.2 Å². The van der Waals surface area contributed by atoms with Gasteiger partial charge in [0.25, 0.3) is 0 Å². The molecule has 1 saturated carbocycles. The molecule has 7 heteroatoms. The fourth-order valence-corrected chi connectivity index (χ4v) is 3.25. The lowest BCUT2D eigenvalue weighted by Crippen LogP contribution is -2.00. The topological polar surface area (TPSA) is 92.5 Å². The van der Waals surface area contributed by atoms with Gasteiger partial charge in [-0.1, -0.05) is 17.9 Å². The molecule has 0 unspecified atom stereocenters. The number of H-pyrrole nitrogens is 1. The second-order valence-electron chi connectivity index (χ2n) is 6.22. The first kappa shape index (κ1) is 14.9. The molecule has 0 radical (unpaired) electrons. The number of anilines is 1. The third-order valence-corrected chi connectivity index (χ3v) is 4.50. The number of aromatic nitrogens is 5. The molecule has 1 aliphatic carbocycles. The number of pyridine rings is 1. The van der Waals surface area contributed by atoms with Crippen LogP contribution >= 0.6 is 0 Å². The van der Waals surface area contributed by atoms with Crippen LogP contribution in [0.25, 0.3) is 11.3 Å². The van der Waals surface area contributed by atoms with Crippen LogP contribution in [0, 0.1) is 5.92 Å². The van der Waals surface area contributed by atoms with Crippen LogP contribution in [0.2, 0.25) is 0 Å². The van der Waals surface area contributed by atoms with E-state index in [1.165, 1.54) is 25.7 Å². The molecule has 7 nitrogen and oxygen atoms in total. The van der Waals surface area contributed by atoms with Gasteiger partial charge in [-0.15, -0.1) is 5.10 Å². The van der Waals surface area contributed by atoms with E-state index in [9.17, 15) is 0 Å². The molecule has 3 aromatic heterocycles. The summed E-state index contributed by atoms with van der Waals surface area (Å²) in [6.07, 6.45) is 11.4. The minimum Gasteiger partial charge on any atom is -0.408 e. The zero-order chi connectivity index (χ0) is 16.2. The van der Waals surface area contributed by atoms with Crippen LogP contribution in [0.3, 0.4) is 0 Å². The summed E-state index contributed by atoms with van der Waals surface area (Å²) in [6.45, 7) is 0.561. The molecule has 24 heavy (non-hydrogen) atoms. The molecule has 2 N–H and O–H groups in total. The lowest BCUT2D eigenvalue weighted by atomic mass is 10.0. The summed E-state index contributed by atoms with van der Waals surface area (Å²) in [4.78, 5) is 4.14. The van der Waals surface area contributed by atoms with Crippen LogP contribution in [-0.2, 0) is 13.0 Å². The Bertz CT molecular complexity index is 775. The number of aromatic amines is 1. The van der Waals surface area contributed by atoms with Crippen LogP contribution in [0.1, 0.15) is 37.1 Å². The summed E-state index contributed by atoms with van der Waals surface area (Å²) in [6, 6.07) is 4.36. The van der Waals surface area contributed by atoms with E-state index in [4.69, 9.17) is 4.42 Å². The Morgan fingerprint density at radius 2 is 2.12 bits per heavy atom. The van der Waals surface area contributed by atoms with Gasteiger partial charge in [-0.25, -0.2) is 0 Å². The molecule has 0 aromatic carbocycles. The van der Waals surface area contributed by atoms with Gasteiger partial charge in [0.05, 0.1) is 11.9 Å². The lowest BCUT2D eigenvalue weighted by Gasteiger charge is -2.04. The third-order valence-electron chi connectivity index (χ3n) is 4.50. The minimum absolute atomic E-state index is 0.460. The minimum atomic E-state index is 0.460. The average molecular weight is 324 g/mol. The monoisotopic (exact) mass is 324 g/mol. The summed E-state index contributed by atoms with van der Waals surface area (Å²) in [5, 5.41) is 18.6. The van der Waals surface area contributed by atoms with Crippen molar-refractivity contribution in [3.8, 4) is 11.3 Å². The maximum absolute atomic E-state index is 5.71. The van der Waals surface area contributed by atoms with E-state index >= 15 is 0 Å². The summed E-state index contributed by atoms with van der Waals surface area (Å²) < 4.78 is 5.71. The van der Waals surface area contributed by atoms with Gasteiger partial charge >= 0.3 is 6.01 Å². The highest BCUT2D eigenvalue weighted by atomic mass is 16.4. The normalized spacial score (nSPS) is 15.0. The maximum Gasteiger partial charge on any atom is 0.315 e. The predicted molar refractivity (Wildman–Crippen MR) is 89.1 cm³/mol. The number of nitrogens with zero attached hydrogens (tertiary/aromatic N) is 4. The van der Waals surface area contributed by atoms with Gasteiger partial charge in [0.1, 0.15) is 0 Å². The van der Waals surface area contributed by atoms with E-state index in [-0.39, 0.29) is 0 Å². The summed E-state index contributed by atoms with van der Waals surface area (Å²) in [5.74, 6) is 1.42. The molecular formula is C17H20N6O. The van der Waals surface area contributed by atoms with E-state index in [2.05, 4.69) is 30.7 Å². The Morgan fingerprint density at radius 1 is 1.21 bits per heavy atom. The molecule has 0 aliphatic heterocycles. The van der Waals surface area contributed by atoms with Crippen molar-refractivity contribution in [2.24, 2.45) is 5.92 Å². The molecule has 0 saturated heterocycles. The highest BCUT2D eigenvalue weighted by Crippen LogP contribution is 2.28. The third kappa shape index (κ3) is 3.29. The Morgan fingerprint density at radius 3 is 2.96 bits per heavy atom. The molecule has 0 spiro atoms. The fourth-order valence-electron chi connectivity index (χ4n) is 3.25. The van der Waals surface area contributed by atoms with Gasteiger partial charge in [-0.2, -0.15) is 5.10 Å². The number of nitrogens with one attached hydrogen (secondary N) is 2. The first-order valence-corrected chi connectivity index (χ1v) is 8.37. The highest BCUT2D eigenvalue weighted by molar-refractivity contribution is 5.61. The van der Waals surface area contributed by atoms with E-state index in [0.29, 0.717) is 18.5 Å². The molecule has 0 bridgehead atoms. The van der Waals surface area contributed by atoms with Crippen molar-refractivity contribution in [1.29, 1.82) is 0 Å². The quantitative estimate of drug-likeness (QED) is 0.723. The second-order valence-corrected chi connectivity index (χ2v) is 6.22. The number of hydrogen-bond donors (Lipinski definition) is 2. The zero-order valence-corrected chi connectivity index (χ0v) is 13.4. The highest BCUT2D eigenvalue weighted by Gasteiger charge is 2.18. The molecule has 1 fully saturated rings. The van der Waals surface area contributed by atoms with Gasteiger partial charge < -0.3 is 9.73 Å². The smallest absolute Gasteiger partial charge is 0.315 e. The van der Waals surface area contributed by atoms with Gasteiger partial charge in [0.15, 0.2) is 0 Å². The van der Waals surface area contributed by atoms with E-state index in [0.717, 1.165) is 29.1 Å². The van der Waals surface area contributed by atoms with Crippen molar-refractivity contribution in [2.75, 3.05) is 5.32 Å². The van der Waals surface area contributed by atoms with Crippen molar-refractivity contribution < 1.29 is 4.42 Å². The zero-order valence-electron chi connectivity index (χ0n) is 13.4. The molecule has 124 valence electrons. The molecule has 0 amide bonds. The molecular weight excluding hydrogens is 304 g/mol.